The fraction of sp³-hybridized carbons (Fsp3) is 0.571. The molecule has 0 aromatic carbocycles. The van der Waals surface area contributed by atoms with Gasteiger partial charge in [-0.15, -0.1) is 13.2 Å². The first-order valence-electron chi connectivity index (χ1n) is 3.75. The molecule has 0 amide bonds. The predicted octanol–water partition coefficient (Wildman–Crippen LogP) is 2.83. The summed E-state index contributed by atoms with van der Waals surface area (Å²) < 4.78 is 89.0. The molecule has 100 valence electrons. The Morgan fingerprint density at radius 2 is 1.59 bits per heavy atom. The van der Waals surface area contributed by atoms with Crippen molar-refractivity contribution in [3.63, 3.8) is 0 Å². The largest absolute Gasteiger partial charge is 0.527 e. The van der Waals surface area contributed by atoms with Gasteiger partial charge < -0.3 is 4.74 Å². The van der Waals surface area contributed by atoms with E-state index >= 15 is 0 Å². The van der Waals surface area contributed by atoms with Crippen LogP contribution < -0.4 is 0 Å². The highest BCUT2D eigenvalue weighted by Gasteiger charge is 2.53. The fourth-order valence-electron chi connectivity index (χ4n) is 0.697. The Morgan fingerprint density at radius 1 is 1.12 bits per heavy atom. The summed E-state index contributed by atoms with van der Waals surface area (Å²) in [6.45, 7) is 2.68. The molecular weight excluding hydrogens is 265 g/mol. The van der Waals surface area contributed by atoms with Crippen LogP contribution in [0.2, 0.25) is 0 Å². The van der Waals surface area contributed by atoms with Crippen molar-refractivity contribution in [1.82, 2.24) is 0 Å². The van der Waals surface area contributed by atoms with Crippen molar-refractivity contribution in [2.24, 2.45) is 0 Å². The Morgan fingerprint density at radius 3 is 1.88 bits per heavy atom. The molecule has 3 nitrogen and oxygen atoms in total. The third-order valence-electron chi connectivity index (χ3n) is 1.10. The molecule has 0 aromatic heterocycles. The molecule has 10 heteroatoms. The van der Waals surface area contributed by atoms with Gasteiger partial charge >= 0.3 is 24.5 Å². The molecule has 0 fully saturated rings. The molecule has 0 radical (unpaired) electrons. The number of alkyl halides is 7. The maximum atomic E-state index is 13.1. The average molecular weight is 270 g/mol. The summed E-state index contributed by atoms with van der Waals surface area (Å²) in [5, 5.41) is 0. The van der Waals surface area contributed by atoms with Crippen molar-refractivity contribution in [3.05, 3.63) is 12.7 Å². The molecule has 0 aliphatic heterocycles. The van der Waals surface area contributed by atoms with Gasteiger partial charge in [-0.3, -0.25) is 0 Å². The minimum absolute atomic E-state index is 0.185. The number of hydrogen-bond acceptors (Lipinski definition) is 3. The zero-order valence-corrected chi connectivity index (χ0v) is 7.86. The zero-order valence-electron chi connectivity index (χ0n) is 7.86. The number of carbonyl (C=O) groups excluding carboxylic acids is 1. The molecule has 0 heterocycles. The molecule has 0 rings (SSSR count). The number of ether oxygens (including phenoxy) is 2. The standard InChI is InChI=1S/C7H5F7O3/c1-2-4(15)16-6(11,3-5(8,9)10)17-7(12,13)14/h2H,1,3H2. The Labute approximate surface area is 89.8 Å². The van der Waals surface area contributed by atoms with Crippen LogP contribution in [-0.4, -0.2) is 24.5 Å². The lowest BCUT2D eigenvalue weighted by atomic mass is 10.4. The highest BCUT2D eigenvalue weighted by Crippen LogP contribution is 2.36. The lowest BCUT2D eigenvalue weighted by Gasteiger charge is -2.25. The normalized spacial score (nSPS) is 16.2. The van der Waals surface area contributed by atoms with Gasteiger partial charge in [0, 0.05) is 6.08 Å². The molecule has 0 aliphatic rings. The molecule has 0 aliphatic carbocycles. The first kappa shape index (κ1) is 15.7. The zero-order chi connectivity index (χ0) is 13.9. The molecule has 0 saturated carbocycles. The van der Waals surface area contributed by atoms with Crippen molar-refractivity contribution in [3.8, 4) is 0 Å². The lowest BCUT2D eigenvalue weighted by Crippen LogP contribution is -2.42. The SMILES string of the molecule is C=CC(=O)OC(F)(CC(F)(F)F)OC(F)(F)F. The average Bonchev–Trinajstić information content (AvgIpc) is 1.94. The minimum atomic E-state index is -5.75. The van der Waals surface area contributed by atoms with Gasteiger partial charge in [0.15, 0.2) is 0 Å². The van der Waals surface area contributed by atoms with E-state index in [0.29, 0.717) is 0 Å². The van der Waals surface area contributed by atoms with Gasteiger partial charge in [-0.1, -0.05) is 6.58 Å². The van der Waals surface area contributed by atoms with Crippen LogP contribution in [0.4, 0.5) is 30.7 Å². The Balaban J connectivity index is 4.93. The first-order valence-corrected chi connectivity index (χ1v) is 3.75. The van der Waals surface area contributed by atoms with Crippen LogP contribution in [0.5, 0.6) is 0 Å². The second-order valence-corrected chi connectivity index (χ2v) is 2.62. The van der Waals surface area contributed by atoms with Crippen LogP contribution in [0.1, 0.15) is 6.42 Å². The lowest BCUT2D eigenvalue weighted by molar-refractivity contribution is -0.455. The van der Waals surface area contributed by atoms with E-state index in [2.05, 4.69) is 16.1 Å². The van der Waals surface area contributed by atoms with Crippen molar-refractivity contribution in [2.45, 2.75) is 25.0 Å². The smallest absolute Gasteiger partial charge is 0.400 e. The van der Waals surface area contributed by atoms with Crippen molar-refractivity contribution >= 4 is 5.97 Å². The van der Waals surface area contributed by atoms with Crippen molar-refractivity contribution in [1.29, 1.82) is 0 Å². The van der Waals surface area contributed by atoms with Crippen molar-refractivity contribution < 1.29 is 45.0 Å². The molecule has 0 aromatic rings. The summed E-state index contributed by atoms with van der Waals surface area (Å²) in [6, 6.07) is -4.68. The topological polar surface area (TPSA) is 35.5 Å². The summed E-state index contributed by atoms with van der Waals surface area (Å²) in [5.41, 5.74) is 0. The number of hydrogen-bond donors (Lipinski definition) is 0. The van der Waals surface area contributed by atoms with E-state index < -0.39 is 31.0 Å². The fourth-order valence-corrected chi connectivity index (χ4v) is 0.697. The van der Waals surface area contributed by atoms with Crippen LogP contribution in [0, 0.1) is 0 Å². The summed E-state index contributed by atoms with van der Waals surface area (Å²) in [5.74, 6) is -1.83. The van der Waals surface area contributed by atoms with E-state index in [1.807, 2.05) is 0 Å². The van der Waals surface area contributed by atoms with Gasteiger partial charge in [0.2, 0.25) is 0 Å². The molecule has 0 bridgehead atoms. The van der Waals surface area contributed by atoms with Crippen LogP contribution in [0.15, 0.2) is 12.7 Å². The molecule has 1 unspecified atom stereocenters. The van der Waals surface area contributed by atoms with Gasteiger partial charge in [-0.2, -0.15) is 17.6 Å². The van der Waals surface area contributed by atoms with Crippen LogP contribution in [0.25, 0.3) is 0 Å². The van der Waals surface area contributed by atoms with E-state index in [-0.39, 0.29) is 6.08 Å². The van der Waals surface area contributed by atoms with E-state index in [1.165, 1.54) is 0 Å². The molecule has 0 spiro atoms. The van der Waals surface area contributed by atoms with Gasteiger partial charge in [-0.05, 0) is 0 Å². The summed E-state index contributed by atoms with van der Waals surface area (Å²) >= 11 is 0. The molecular formula is C7H5F7O3. The quantitative estimate of drug-likeness (QED) is 0.341. The van der Waals surface area contributed by atoms with Crippen LogP contribution >= 0.6 is 0 Å². The molecule has 17 heavy (non-hydrogen) atoms. The van der Waals surface area contributed by atoms with Crippen LogP contribution in [-0.2, 0) is 14.3 Å². The van der Waals surface area contributed by atoms with Crippen LogP contribution in [0.3, 0.4) is 0 Å². The van der Waals surface area contributed by atoms with E-state index in [9.17, 15) is 35.5 Å². The number of esters is 1. The van der Waals surface area contributed by atoms with Crippen molar-refractivity contribution in [2.75, 3.05) is 0 Å². The predicted molar refractivity (Wildman–Crippen MR) is 37.9 cm³/mol. The Hall–Kier alpha value is -1.32. The Bertz CT molecular complexity index is 277. The highest BCUT2D eigenvalue weighted by atomic mass is 19.4. The number of rotatable bonds is 4. The van der Waals surface area contributed by atoms with Gasteiger partial charge in [0.1, 0.15) is 6.42 Å². The second kappa shape index (κ2) is 4.90. The van der Waals surface area contributed by atoms with E-state index in [1.54, 1.807) is 0 Å². The van der Waals surface area contributed by atoms with E-state index in [0.717, 1.165) is 0 Å². The summed E-state index contributed by atoms with van der Waals surface area (Å²) in [7, 11) is 0. The van der Waals surface area contributed by atoms with Gasteiger partial charge in [-0.25, -0.2) is 9.53 Å². The second-order valence-electron chi connectivity index (χ2n) is 2.62. The summed E-state index contributed by atoms with van der Waals surface area (Å²) in [4.78, 5) is 10.4. The number of halogens is 7. The Kier molecular flexibility index (Phi) is 4.52. The summed E-state index contributed by atoms with van der Waals surface area (Å²) in [6.07, 6.45) is -13.7. The third kappa shape index (κ3) is 7.55. The van der Waals surface area contributed by atoms with Gasteiger partial charge in [0.05, 0.1) is 0 Å². The van der Waals surface area contributed by atoms with Gasteiger partial charge in [0.25, 0.3) is 0 Å². The highest BCUT2D eigenvalue weighted by molar-refractivity contribution is 5.81. The maximum Gasteiger partial charge on any atom is 0.527 e. The molecule has 1 atom stereocenters. The minimum Gasteiger partial charge on any atom is -0.400 e. The maximum absolute atomic E-state index is 13.1. The van der Waals surface area contributed by atoms with E-state index in [4.69, 9.17) is 0 Å². The molecule has 0 saturated heterocycles. The first-order chi connectivity index (χ1) is 7.37. The third-order valence-corrected chi connectivity index (χ3v) is 1.10. The number of carbonyl (C=O) groups is 1. The molecule has 0 N–H and O–H groups in total. The monoisotopic (exact) mass is 270 g/mol.